The lowest BCUT2D eigenvalue weighted by Gasteiger charge is -2.32. The first kappa shape index (κ1) is 11.7. The minimum atomic E-state index is 0.0144. The van der Waals surface area contributed by atoms with Gasteiger partial charge in [0.2, 0.25) is 0 Å². The van der Waals surface area contributed by atoms with Gasteiger partial charge in [-0.05, 0) is 37.9 Å². The van der Waals surface area contributed by atoms with Crippen molar-refractivity contribution in [2.45, 2.75) is 37.8 Å². The fourth-order valence-corrected chi connectivity index (χ4v) is 3.16. The molecule has 1 amide bonds. The summed E-state index contributed by atoms with van der Waals surface area (Å²) in [5, 5.41) is 3.17. The standard InChI is InChI=1S/C14H19N3O/c18-14(11-4-3-7-15-10-11)16-12-6-9-17-8-2-1-5-13(12)17/h3-4,7,10,12-13H,1-2,5-6,8-9H2,(H,16,18)/t12-,13-/m1/s1. The van der Waals surface area contributed by atoms with Crippen LogP contribution in [0.2, 0.25) is 0 Å². The SMILES string of the molecule is O=C(N[C@@H]1CCN2CCCC[C@H]12)c1cccnc1. The van der Waals surface area contributed by atoms with Gasteiger partial charge in [0, 0.05) is 31.0 Å². The number of carbonyl (C=O) groups is 1. The summed E-state index contributed by atoms with van der Waals surface area (Å²) in [6, 6.07) is 4.49. The molecule has 3 heterocycles. The normalized spacial score (nSPS) is 27.8. The van der Waals surface area contributed by atoms with Gasteiger partial charge < -0.3 is 5.32 Å². The van der Waals surface area contributed by atoms with Gasteiger partial charge in [-0.25, -0.2) is 0 Å². The predicted molar refractivity (Wildman–Crippen MR) is 69.3 cm³/mol. The number of amides is 1. The van der Waals surface area contributed by atoms with E-state index in [0.717, 1.165) is 13.0 Å². The second-order valence-corrected chi connectivity index (χ2v) is 5.21. The van der Waals surface area contributed by atoms with E-state index < -0.39 is 0 Å². The van der Waals surface area contributed by atoms with Crippen LogP contribution >= 0.6 is 0 Å². The average molecular weight is 245 g/mol. The largest absolute Gasteiger partial charge is 0.348 e. The van der Waals surface area contributed by atoms with Crippen LogP contribution in [0.1, 0.15) is 36.0 Å². The topological polar surface area (TPSA) is 45.2 Å². The van der Waals surface area contributed by atoms with Gasteiger partial charge in [-0.15, -0.1) is 0 Å². The van der Waals surface area contributed by atoms with Crippen molar-refractivity contribution < 1.29 is 4.79 Å². The van der Waals surface area contributed by atoms with Crippen LogP contribution in [-0.4, -0.2) is 41.0 Å². The molecule has 0 aliphatic carbocycles. The molecule has 1 aromatic rings. The second-order valence-electron chi connectivity index (χ2n) is 5.21. The number of nitrogens with one attached hydrogen (secondary N) is 1. The molecule has 2 fully saturated rings. The third-order valence-electron chi connectivity index (χ3n) is 4.10. The quantitative estimate of drug-likeness (QED) is 0.857. The molecule has 0 radical (unpaired) electrons. The first-order valence-electron chi connectivity index (χ1n) is 6.79. The van der Waals surface area contributed by atoms with E-state index in [0.29, 0.717) is 17.6 Å². The second kappa shape index (κ2) is 5.06. The summed E-state index contributed by atoms with van der Waals surface area (Å²) in [6.45, 7) is 2.33. The van der Waals surface area contributed by atoms with Crippen molar-refractivity contribution >= 4 is 5.91 Å². The summed E-state index contributed by atoms with van der Waals surface area (Å²) < 4.78 is 0. The van der Waals surface area contributed by atoms with E-state index >= 15 is 0 Å². The van der Waals surface area contributed by atoms with E-state index in [2.05, 4.69) is 15.2 Å². The van der Waals surface area contributed by atoms with Crippen molar-refractivity contribution in [1.29, 1.82) is 0 Å². The van der Waals surface area contributed by atoms with Gasteiger partial charge in [0.05, 0.1) is 5.56 Å². The Morgan fingerprint density at radius 3 is 3.11 bits per heavy atom. The Balaban J connectivity index is 1.65. The van der Waals surface area contributed by atoms with E-state index in [9.17, 15) is 4.79 Å². The Morgan fingerprint density at radius 1 is 1.33 bits per heavy atom. The van der Waals surface area contributed by atoms with E-state index in [4.69, 9.17) is 0 Å². The molecule has 0 unspecified atom stereocenters. The molecule has 0 spiro atoms. The maximum absolute atomic E-state index is 12.1. The zero-order valence-electron chi connectivity index (χ0n) is 10.5. The van der Waals surface area contributed by atoms with Crippen LogP contribution in [-0.2, 0) is 0 Å². The number of hydrogen-bond donors (Lipinski definition) is 1. The third kappa shape index (κ3) is 2.25. The molecule has 2 aliphatic heterocycles. The van der Waals surface area contributed by atoms with Gasteiger partial charge >= 0.3 is 0 Å². The Labute approximate surface area is 107 Å². The van der Waals surface area contributed by atoms with E-state index in [1.54, 1.807) is 18.5 Å². The summed E-state index contributed by atoms with van der Waals surface area (Å²) in [6.07, 6.45) is 8.22. The van der Waals surface area contributed by atoms with Crippen molar-refractivity contribution in [3.05, 3.63) is 30.1 Å². The monoisotopic (exact) mass is 245 g/mol. The van der Waals surface area contributed by atoms with Crippen LogP contribution < -0.4 is 5.32 Å². The number of carbonyl (C=O) groups excluding carboxylic acids is 1. The third-order valence-corrected chi connectivity index (χ3v) is 4.10. The molecular weight excluding hydrogens is 226 g/mol. The maximum Gasteiger partial charge on any atom is 0.253 e. The van der Waals surface area contributed by atoms with Gasteiger partial charge in [-0.2, -0.15) is 0 Å². The number of rotatable bonds is 2. The number of pyridine rings is 1. The number of aromatic nitrogens is 1. The Hall–Kier alpha value is -1.42. The van der Waals surface area contributed by atoms with E-state index in [-0.39, 0.29) is 5.91 Å². The van der Waals surface area contributed by atoms with E-state index in [1.807, 2.05) is 6.07 Å². The molecule has 2 saturated heterocycles. The average Bonchev–Trinajstić information content (AvgIpc) is 2.83. The van der Waals surface area contributed by atoms with Crippen molar-refractivity contribution in [2.75, 3.05) is 13.1 Å². The fourth-order valence-electron chi connectivity index (χ4n) is 3.16. The number of piperidine rings is 1. The van der Waals surface area contributed by atoms with Crippen LogP contribution in [0.5, 0.6) is 0 Å². The van der Waals surface area contributed by atoms with Gasteiger partial charge in [-0.3, -0.25) is 14.7 Å². The smallest absolute Gasteiger partial charge is 0.253 e. The maximum atomic E-state index is 12.1. The molecule has 2 aliphatic rings. The van der Waals surface area contributed by atoms with Crippen molar-refractivity contribution in [2.24, 2.45) is 0 Å². The first-order valence-corrected chi connectivity index (χ1v) is 6.79. The van der Waals surface area contributed by atoms with Crippen LogP contribution in [0.15, 0.2) is 24.5 Å². The van der Waals surface area contributed by atoms with Crippen molar-refractivity contribution in [3.63, 3.8) is 0 Å². The van der Waals surface area contributed by atoms with Crippen molar-refractivity contribution in [3.8, 4) is 0 Å². The molecule has 0 aromatic carbocycles. The summed E-state index contributed by atoms with van der Waals surface area (Å²) in [7, 11) is 0. The van der Waals surface area contributed by atoms with Crippen molar-refractivity contribution in [1.82, 2.24) is 15.2 Å². The molecule has 3 rings (SSSR count). The number of nitrogens with zero attached hydrogens (tertiary/aromatic N) is 2. The molecule has 0 saturated carbocycles. The van der Waals surface area contributed by atoms with Crippen LogP contribution in [0.4, 0.5) is 0 Å². The summed E-state index contributed by atoms with van der Waals surface area (Å²) in [4.78, 5) is 18.6. The molecule has 0 bridgehead atoms. The molecule has 1 aromatic heterocycles. The Kier molecular flexibility index (Phi) is 3.28. The zero-order chi connectivity index (χ0) is 12.4. The highest BCUT2D eigenvalue weighted by molar-refractivity contribution is 5.94. The van der Waals surface area contributed by atoms with E-state index in [1.165, 1.54) is 25.8 Å². The van der Waals surface area contributed by atoms with Crippen LogP contribution in [0.25, 0.3) is 0 Å². The highest BCUT2D eigenvalue weighted by Gasteiger charge is 2.36. The van der Waals surface area contributed by atoms with Gasteiger partial charge in [0.15, 0.2) is 0 Å². The molecule has 18 heavy (non-hydrogen) atoms. The number of hydrogen-bond acceptors (Lipinski definition) is 3. The molecule has 96 valence electrons. The molecule has 4 nitrogen and oxygen atoms in total. The molecular formula is C14H19N3O. The lowest BCUT2D eigenvalue weighted by Crippen LogP contribution is -2.46. The zero-order valence-corrected chi connectivity index (χ0v) is 10.5. The summed E-state index contributed by atoms with van der Waals surface area (Å²) >= 11 is 0. The van der Waals surface area contributed by atoms with Crippen LogP contribution in [0.3, 0.4) is 0 Å². The fraction of sp³-hybridized carbons (Fsp3) is 0.571. The summed E-state index contributed by atoms with van der Waals surface area (Å²) in [5.74, 6) is 0.0144. The minimum absolute atomic E-state index is 0.0144. The predicted octanol–water partition coefficient (Wildman–Crippen LogP) is 1.44. The first-order chi connectivity index (χ1) is 8.84. The molecule has 1 N–H and O–H groups in total. The lowest BCUT2D eigenvalue weighted by molar-refractivity contribution is 0.0915. The van der Waals surface area contributed by atoms with Crippen LogP contribution in [0, 0.1) is 0 Å². The van der Waals surface area contributed by atoms with Gasteiger partial charge in [0.1, 0.15) is 0 Å². The lowest BCUT2D eigenvalue weighted by atomic mass is 9.99. The highest BCUT2D eigenvalue weighted by Crippen LogP contribution is 2.27. The van der Waals surface area contributed by atoms with Gasteiger partial charge in [-0.1, -0.05) is 6.42 Å². The number of fused-ring (bicyclic) bond motifs is 1. The van der Waals surface area contributed by atoms with Gasteiger partial charge in [0.25, 0.3) is 5.91 Å². The molecule has 4 heteroatoms. The summed E-state index contributed by atoms with van der Waals surface area (Å²) in [5.41, 5.74) is 0.659. The highest BCUT2D eigenvalue weighted by atomic mass is 16.1. The molecule has 2 atom stereocenters. The Morgan fingerprint density at radius 2 is 2.28 bits per heavy atom. The Bertz CT molecular complexity index is 420. The minimum Gasteiger partial charge on any atom is -0.348 e.